The van der Waals surface area contributed by atoms with Gasteiger partial charge in [0.25, 0.3) is 0 Å². The highest BCUT2D eigenvalue weighted by molar-refractivity contribution is 7.92. The summed E-state index contributed by atoms with van der Waals surface area (Å²) in [6, 6.07) is 0. The van der Waals surface area contributed by atoms with Crippen LogP contribution in [0.5, 0.6) is 0 Å². The Morgan fingerprint density at radius 3 is 2.41 bits per heavy atom. The highest BCUT2D eigenvalue weighted by atomic mass is 32.2. The largest absolute Gasteiger partial charge is 0.355 e. The summed E-state index contributed by atoms with van der Waals surface area (Å²) in [5.41, 5.74) is 0. The van der Waals surface area contributed by atoms with Gasteiger partial charge in [-0.1, -0.05) is 12.5 Å². The quantitative estimate of drug-likeness (QED) is 0.305. The molecule has 0 aromatic carbocycles. The third kappa shape index (κ3) is 7.82. The molecule has 0 heterocycles. The van der Waals surface area contributed by atoms with Crippen LogP contribution in [0.25, 0.3) is 0 Å². The third-order valence-electron chi connectivity index (χ3n) is 3.56. The molecule has 0 saturated heterocycles. The zero-order valence-corrected chi connectivity index (χ0v) is 15.7. The molecular formula is C16H33N3O2S. The smallest absolute Gasteiger partial charge is 0.193 e. The Balaban J connectivity index is 4.19. The second-order valence-corrected chi connectivity index (χ2v) is 9.33. The van der Waals surface area contributed by atoms with Gasteiger partial charge >= 0.3 is 0 Å². The van der Waals surface area contributed by atoms with Crippen molar-refractivity contribution in [1.29, 1.82) is 0 Å². The number of nitrogens with zero attached hydrogens (tertiary/aromatic N) is 2. The van der Waals surface area contributed by atoms with Gasteiger partial charge in [0.15, 0.2) is 15.8 Å². The SMILES string of the molecule is C=CCCCCCN(C)C(=NC)NCCS(=O)(=O)C(C)(C)C. The zero-order valence-electron chi connectivity index (χ0n) is 14.9. The summed E-state index contributed by atoms with van der Waals surface area (Å²) in [5, 5.41) is 3.13. The molecule has 0 spiro atoms. The molecule has 0 bridgehead atoms. The average Bonchev–Trinajstić information content (AvgIpc) is 2.41. The lowest BCUT2D eigenvalue weighted by atomic mass is 10.2. The molecule has 0 atom stereocenters. The summed E-state index contributed by atoms with van der Waals surface area (Å²) in [4.78, 5) is 6.24. The van der Waals surface area contributed by atoms with Crippen molar-refractivity contribution in [2.45, 2.75) is 51.2 Å². The number of unbranched alkanes of at least 4 members (excludes halogenated alkanes) is 3. The van der Waals surface area contributed by atoms with Gasteiger partial charge in [0, 0.05) is 27.2 Å². The third-order valence-corrected chi connectivity index (χ3v) is 6.17. The van der Waals surface area contributed by atoms with Crippen LogP contribution in [0, 0.1) is 0 Å². The summed E-state index contributed by atoms with van der Waals surface area (Å²) in [6.07, 6.45) is 6.41. The van der Waals surface area contributed by atoms with Gasteiger partial charge in [-0.15, -0.1) is 6.58 Å². The van der Waals surface area contributed by atoms with Crippen LogP contribution in [-0.2, 0) is 9.84 Å². The van der Waals surface area contributed by atoms with Gasteiger partial charge in [0.05, 0.1) is 10.5 Å². The van der Waals surface area contributed by atoms with Crippen LogP contribution in [-0.4, -0.2) is 57.0 Å². The van der Waals surface area contributed by atoms with Crippen LogP contribution in [0.15, 0.2) is 17.6 Å². The Bertz CT molecular complexity index is 451. The number of hydrogen-bond acceptors (Lipinski definition) is 3. The standard InChI is InChI=1S/C16H33N3O2S/c1-7-8-9-10-11-13-19(6)15(17-5)18-12-14-22(20,21)16(2,3)4/h7H,1,8-14H2,2-6H3,(H,17,18). The summed E-state index contributed by atoms with van der Waals surface area (Å²) in [6.45, 7) is 10.2. The highest BCUT2D eigenvalue weighted by Crippen LogP contribution is 2.15. The molecule has 0 aromatic heterocycles. The predicted molar refractivity (Wildman–Crippen MR) is 96.2 cm³/mol. The fourth-order valence-electron chi connectivity index (χ4n) is 1.91. The molecule has 0 aliphatic heterocycles. The van der Waals surface area contributed by atoms with E-state index in [0.29, 0.717) is 6.54 Å². The average molecular weight is 332 g/mol. The Hall–Kier alpha value is -1.04. The molecule has 0 unspecified atom stereocenters. The van der Waals surface area contributed by atoms with Crippen LogP contribution in [0.2, 0.25) is 0 Å². The van der Waals surface area contributed by atoms with Crippen LogP contribution < -0.4 is 5.32 Å². The van der Waals surface area contributed by atoms with Gasteiger partial charge in [-0.25, -0.2) is 8.42 Å². The molecule has 22 heavy (non-hydrogen) atoms. The molecule has 130 valence electrons. The van der Waals surface area contributed by atoms with E-state index < -0.39 is 14.6 Å². The second kappa shape index (κ2) is 9.87. The van der Waals surface area contributed by atoms with Crippen LogP contribution in [0.1, 0.15) is 46.5 Å². The van der Waals surface area contributed by atoms with Gasteiger partial charge in [-0.3, -0.25) is 4.99 Å². The van der Waals surface area contributed by atoms with Gasteiger partial charge in [-0.05, 0) is 40.0 Å². The fourth-order valence-corrected chi connectivity index (χ4v) is 2.89. The van der Waals surface area contributed by atoms with Crippen LogP contribution in [0.3, 0.4) is 0 Å². The number of aliphatic imine (C=N–C) groups is 1. The van der Waals surface area contributed by atoms with Crippen molar-refractivity contribution in [1.82, 2.24) is 10.2 Å². The molecule has 0 aliphatic rings. The highest BCUT2D eigenvalue weighted by Gasteiger charge is 2.28. The molecule has 0 saturated carbocycles. The summed E-state index contributed by atoms with van der Waals surface area (Å²) in [5.74, 6) is 0.857. The van der Waals surface area contributed by atoms with E-state index in [9.17, 15) is 8.42 Å². The first-order valence-corrected chi connectivity index (χ1v) is 9.56. The minimum atomic E-state index is -3.10. The lowest BCUT2D eigenvalue weighted by Crippen LogP contribution is -2.43. The summed E-state index contributed by atoms with van der Waals surface area (Å²) >= 11 is 0. The first kappa shape index (κ1) is 21.0. The molecular weight excluding hydrogens is 298 g/mol. The maximum Gasteiger partial charge on any atom is 0.193 e. The van der Waals surface area contributed by atoms with Crippen molar-refractivity contribution in [2.24, 2.45) is 4.99 Å². The van der Waals surface area contributed by atoms with Crippen molar-refractivity contribution in [3.63, 3.8) is 0 Å². The van der Waals surface area contributed by atoms with Gasteiger partial charge in [-0.2, -0.15) is 0 Å². The Morgan fingerprint density at radius 1 is 1.27 bits per heavy atom. The molecule has 0 fully saturated rings. The van der Waals surface area contributed by atoms with E-state index in [1.807, 2.05) is 18.0 Å². The van der Waals surface area contributed by atoms with Crippen LogP contribution in [0.4, 0.5) is 0 Å². The number of allylic oxidation sites excluding steroid dienone is 1. The zero-order chi connectivity index (χ0) is 17.2. The second-order valence-electron chi connectivity index (χ2n) is 6.46. The Kier molecular flexibility index (Phi) is 9.41. The minimum absolute atomic E-state index is 0.114. The van der Waals surface area contributed by atoms with E-state index >= 15 is 0 Å². The molecule has 6 heteroatoms. The van der Waals surface area contributed by atoms with Gasteiger partial charge in [0.2, 0.25) is 0 Å². The number of nitrogens with one attached hydrogen (secondary N) is 1. The van der Waals surface area contributed by atoms with E-state index in [1.165, 1.54) is 0 Å². The minimum Gasteiger partial charge on any atom is -0.355 e. The number of sulfone groups is 1. The Morgan fingerprint density at radius 2 is 1.91 bits per heavy atom. The van der Waals surface area contributed by atoms with Crippen molar-refractivity contribution < 1.29 is 8.42 Å². The molecule has 1 N–H and O–H groups in total. The van der Waals surface area contributed by atoms with E-state index in [0.717, 1.165) is 38.2 Å². The number of rotatable bonds is 9. The van der Waals surface area contributed by atoms with E-state index in [-0.39, 0.29) is 5.75 Å². The molecule has 0 amide bonds. The molecule has 0 aromatic rings. The normalized spacial score (nSPS) is 13.0. The van der Waals surface area contributed by atoms with Crippen molar-refractivity contribution in [3.8, 4) is 0 Å². The van der Waals surface area contributed by atoms with Crippen molar-refractivity contribution >= 4 is 15.8 Å². The first-order chi connectivity index (χ1) is 10.2. The van der Waals surface area contributed by atoms with Crippen molar-refractivity contribution in [3.05, 3.63) is 12.7 Å². The molecule has 0 radical (unpaired) electrons. The van der Waals surface area contributed by atoms with E-state index in [4.69, 9.17) is 0 Å². The molecule has 0 rings (SSSR count). The maximum atomic E-state index is 12.1. The first-order valence-electron chi connectivity index (χ1n) is 7.90. The Labute approximate surface area is 136 Å². The molecule has 0 aliphatic carbocycles. The number of hydrogen-bond donors (Lipinski definition) is 1. The van der Waals surface area contributed by atoms with Gasteiger partial charge < -0.3 is 10.2 Å². The lowest BCUT2D eigenvalue weighted by molar-refractivity contribution is 0.456. The van der Waals surface area contributed by atoms with E-state index in [2.05, 4.69) is 16.9 Å². The predicted octanol–water partition coefficient (Wildman–Crippen LogP) is 2.45. The van der Waals surface area contributed by atoms with Gasteiger partial charge in [0.1, 0.15) is 0 Å². The summed E-state index contributed by atoms with van der Waals surface area (Å²) < 4.78 is 23.4. The van der Waals surface area contributed by atoms with E-state index in [1.54, 1.807) is 27.8 Å². The summed E-state index contributed by atoms with van der Waals surface area (Å²) in [7, 11) is 0.590. The maximum absolute atomic E-state index is 12.1. The monoisotopic (exact) mass is 331 g/mol. The van der Waals surface area contributed by atoms with Crippen molar-refractivity contribution in [2.75, 3.05) is 32.9 Å². The molecule has 5 nitrogen and oxygen atoms in total. The lowest BCUT2D eigenvalue weighted by Gasteiger charge is -2.23. The fraction of sp³-hybridized carbons (Fsp3) is 0.812. The topological polar surface area (TPSA) is 61.8 Å². The van der Waals surface area contributed by atoms with Crippen LogP contribution >= 0.6 is 0 Å². The number of guanidine groups is 1.